The predicted octanol–water partition coefficient (Wildman–Crippen LogP) is 2.50. The standard InChI is InChI=1S/C22H32N2O4/c1-26-19-8-7-16(13-20(19)27-2)22(9-3-4-10-22)21(25)23-17-14-28-15-18(17)24-11-5-6-12-24/h7-8,13,17-18H,3-6,9-12,14-15H2,1-2H3,(H,23,25)/t17-,18-/m0/s1. The van der Waals surface area contributed by atoms with Crippen LogP contribution in [0.4, 0.5) is 0 Å². The van der Waals surface area contributed by atoms with Crippen molar-refractivity contribution in [1.82, 2.24) is 10.2 Å². The van der Waals surface area contributed by atoms with Crippen molar-refractivity contribution in [1.29, 1.82) is 0 Å². The van der Waals surface area contributed by atoms with Crippen molar-refractivity contribution in [3.8, 4) is 11.5 Å². The SMILES string of the molecule is COc1ccc(C2(C(=O)N[C@H]3COC[C@@H]3N3CCCC3)CCCC2)cc1OC. The molecule has 0 aromatic heterocycles. The molecule has 1 aromatic rings. The molecule has 0 radical (unpaired) electrons. The highest BCUT2D eigenvalue weighted by atomic mass is 16.5. The molecule has 3 fully saturated rings. The third-order valence-electron chi connectivity index (χ3n) is 6.80. The van der Waals surface area contributed by atoms with E-state index in [-0.39, 0.29) is 11.9 Å². The molecule has 3 aliphatic rings. The van der Waals surface area contributed by atoms with Gasteiger partial charge in [-0.25, -0.2) is 0 Å². The van der Waals surface area contributed by atoms with Gasteiger partial charge in [-0.2, -0.15) is 0 Å². The first-order chi connectivity index (χ1) is 13.7. The summed E-state index contributed by atoms with van der Waals surface area (Å²) in [7, 11) is 3.27. The fourth-order valence-electron chi connectivity index (χ4n) is 5.18. The molecule has 1 amide bonds. The Balaban J connectivity index is 1.56. The highest BCUT2D eigenvalue weighted by Crippen LogP contribution is 2.44. The molecule has 1 saturated carbocycles. The van der Waals surface area contributed by atoms with Crippen LogP contribution in [0.1, 0.15) is 44.1 Å². The average molecular weight is 389 g/mol. The van der Waals surface area contributed by atoms with Gasteiger partial charge in [0.25, 0.3) is 0 Å². The molecule has 0 unspecified atom stereocenters. The van der Waals surface area contributed by atoms with Crippen LogP contribution >= 0.6 is 0 Å². The molecule has 4 rings (SSSR count). The summed E-state index contributed by atoms with van der Waals surface area (Å²) in [5, 5.41) is 3.38. The van der Waals surface area contributed by atoms with Gasteiger partial charge in [-0.05, 0) is 56.5 Å². The molecular weight excluding hydrogens is 356 g/mol. The fraction of sp³-hybridized carbons (Fsp3) is 0.682. The number of hydrogen-bond acceptors (Lipinski definition) is 5. The molecule has 154 valence electrons. The molecule has 2 saturated heterocycles. The van der Waals surface area contributed by atoms with Gasteiger partial charge < -0.3 is 19.5 Å². The van der Waals surface area contributed by atoms with Gasteiger partial charge in [-0.3, -0.25) is 9.69 Å². The number of methoxy groups -OCH3 is 2. The maximum Gasteiger partial charge on any atom is 0.231 e. The van der Waals surface area contributed by atoms with Gasteiger partial charge >= 0.3 is 0 Å². The Labute approximate surface area is 167 Å². The van der Waals surface area contributed by atoms with Crippen molar-refractivity contribution in [2.24, 2.45) is 0 Å². The summed E-state index contributed by atoms with van der Waals surface area (Å²) in [5.41, 5.74) is 0.536. The Morgan fingerprint density at radius 3 is 2.46 bits per heavy atom. The van der Waals surface area contributed by atoms with E-state index < -0.39 is 5.41 Å². The van der Waals surface area contributed by atoms with Gasteiger partial charge in [-0.1, -0.05) is 18.9 Å². The first-order valence-electron chi connectivity index (χ1n) is 10.5. The van der Waals surface area contributed by atoms with Crippen LogP contribution in [0.15, 0.2) is 18.2 Å². The number of ether oxygens (including phenoxy) is 3. The first kappa shape index (κ1) is 19.5. The lowest BCUT2D eigenvalue weighted by Crippen LogP contribution is -2.54. The highest BCUT2D eigenvalue weighted by molar-refractivity contribution is 5.89. The monoisotopic (exact) mass is 388 g/mol. The third kappa shape index (κ3) is 3.48. The van der Waals surface area contributed by atoms with Gasteiger partial charge in [0.2, 0.25) is 5.91 Å². The van der Waals surface area contributed by atoms with Gasteiger partial charge in [0.1, 0.15) is 0 Å². The number of nitrogens with zero attached hydrogens (tertiary/aromatic N) is 1. The van der Waals surface area contributed by atoms with Crippen LogP contribution in [0.25, 0.3) is 0 Å². The Bertz CT molecular complexity index is 696. The second kappa shape index (κ2) is 8.29. The lowest BCUT2D eigenvalue weighted by atomic mass is 9.77. The molecule has 0 bridgehead atoms. The minimum atomic E-state index is -0.488. The Kier molecular flexibility index (Phi) is 5.78. The van der Waals surface area contributed by atoms with E-state index in [4.69, 9.17) is 14.2 Å². The van der Waals surface area contributed by atoms with Crippen LogP contribution in [-0.4, -0.2) is 63.4 Å². The molecule has 28 heavy (non-hydrogen) atoms. The van der Waals surface area contributed by atoms with E-state index in [1.165, 1.54) is 12.8 Å². The number of benzene rings is 1. The lowest BCUT2D eigenvalue weighted by molar-refractivity contribution is -0.127. The number of rotatable bonds is 6. The Morgan fingerprint density at radius 1 is 1.07 bits per heavy atom. The van der Waals surface area contributed by atoms with Crippen molar-refractivity contribution < 1.29 is 19.0 Å². The molecule has 1 N–H and O–H groups in total. The smallest absolute Gasteiger partial charge is 0.231 e. The molecule has 2 heterocycles. The minimum Gasteiger partial charge on any atom is -0.493 e. The molecule has 1 aliphatic carbocycles. The summed E-state index contributed by atoms with van der Waals surface area (Å²) in [5.74, 6) is 1.51. The van der Waals surface area contributed by atoms with Crippen LogP contribution < -0.4 is 14.8 Å². The van der Waals surface area contributed by atoms with E-state index in [9.17, 15) is 4.79 Å². The Hall–Kier alpha value is -1.79. The number of likely N-dealkylation sites (tertiary alicyclic amines) is 1. The fourth-order valence-corrected chi connectivity index (χ4v) is 5.18. The summed E-state index contributed by atoms with van der Waals surface area (Å²) < 4.78 is 16.6. The van der Waals surface area contributed by atoms with Crippen LogP contribution in [0.3, 0.4) is 0 Å². The molecule has 6 heteroatoms. The number of amides is 1. The van der Waals surface area contributed by atoms with Crippen LogP contribution in [0.2, 0.25) is 0 Å². The van der Waals surface area contributed by atoms with Crippen molar-refractivity contribution in [3.05, 3.63) is 23.8 Å². The second-order valence-electron chi connectivity index (χ2n) is 8.29. The number of carbonyl (C=O) groups excluding carboxylic acids is 1. The highest BCUT2D eigenvalue weighted by Gasteiger charge is 2.45. The molecule has 6 nitrogen and oxygen atoms in total. The summed E-state index contributed by atoms with van der Waals surface area (Å²) in [4.78, 5) is 16.1. The van der Waals surface area contributed by atoms with Gasteiger partial charge in [-0.15, -0.1) is 0 Å². The number of hydrogen-bond donors (Lipinski definition) is 1. The molecular formula is C22H32N2O4. The van der Waals surface area contributed by atoms with E-state index in [0.717, 1.165) is 44.3 Å². The second-order valence-corrected chi connectivity index (χ2v) is 8.29. The zero-order chi connectivity index (χ0) is 19.6. The van der Waals surface area contributed by atoms with Crippen molar-refractivity contribution >= 4 is 5.91 Å². The third-order valence-corrected chi connectivity index (χ3v) is 6.80. The van der Waals surface area contributed by atoms with Gasteiger partial charge in [0.05, 0.1) is 44.9 Å². The van der Waals surface area contributed by atoms with Crippen LogP contribution in [0, 0.1) is 0 Å². The van der Waals surface area contributed by atoms with E-state index in [1.54, 1.807) is 14.2 Å². The van der Waals surface area contributed by atoms with E-state index >= 15 is 0 Å². The molecule has 2 aliphatic heterocycles. The lowest BCUT2D eigenvalue weighted by Gasteiger charge is -2.33. The topological polar surface area (TPSA) is 60.0 Å². The summed E-state index contributed by atoms with van der Waals surface area (Å²) >= 11 is 0. The van der Waals surface area contributed by atoms with Crippen LogP contribution in [0.5, 0.6) is 11.5 Å². The van der Waals surface area contributed by atoms with E-state index in [1.807, 2.05) is 18.2 Å². The van der Waals surface area contributed by atoms with Gasteiger partial charge in [0.15, 0.2) is 11.5 Å². The summed E-state index contributed by atoms with van der Waals surface area (Å²) in [6.07, 6.45) is 6.36. The number of carbonyl (C=O) groups is 1. The largest absolute Gasteiger partial charge is 0.493 e. The van der Waals surface area contributed by atoms with Crippen LogP contribution in [-0.2, 0) is 14.9 Å². The Morgan fingerprint density at radius 2 is 1.79 bits per heavy atom. The quantitative estimate of drug-likeness (QED) is 0.811. The average Bonchev–Trinajstić information content (AvgIpc) is 3.48. The molecule has 1 aromatic carbocycles. The zero-order valence-corrected chi connectivity index (χ0v) is 17.0. The maximum absolute atomic E-state index is 13.6. The van der Waals surface area contributed by atoms with Crippen molar-refractivity contribution in [2.75, 3.05) is 40.5 Å². The normalized spacial score (nSPS) is 27.1. The predicted molar refractivity (Wildman–Crippen MR) is 107 cm³/mol. The van der Waals surface area contributed by atoms with E-state index in [0.29, 0.717) is 30.8 Å². The zero-order valence-electron chi connectivity index (χ0n) is 17.0. The van der Waals surface area contributed by atoms with Crippen molar-refractivity contribution in [2.45, 2.75) is 56.0 Å². The molecule has 2 atom stereocenters. The van der Waals surface area contributed by atoms with Crippen molar-refractivity contribution in [3.63, 3.8) is 0 Å². The summed E-state index contributed by atoms with van der Waals surface area (Å²) in [6.45, 7) is 3.55. The first-order valence-corrected chi connectivity index (χ1v) is 10.5. The molecule has 0 spiro atoms. The van der Waals surface area contributed by atoms with Gasteiger partial charge in [0, 0.05) is 0 Å². The number of nitrogens with one attached hydrogen (secondary N) is 1. The minimum absolute atomic E-state index is 0.0724. The maximum atomic E-state index is 13.6. The summed E-state index contributed by atoms with van der Waals surface area (Å²) in [6, 6.07) is 6.29. The van der Waals surface area contributed by atoms with E-state index in [2.05, 4.69) is 10.2 Å².